The van der Waals surface area contributed by atoms with E-state index in [0.29, 0.717) is 0 Å². The van der Waals surface area contributed by atoms with Crippen LogP contribution in [0.1, 0.15) is 80.6 Å². The normalized spacial score (nSPS) is 13.7. The van der Waals surface area contributed by atoms with Crippen molar-refractivity contribution in [1.29, 1.82) is 0 Å². The van der Waals surface area contributed by atoms with Crippen molar-refractivity contribution >= 4 is 0 Å². The van der Waals surface area contributed by atoms with Crippen LogP contribution >= 0.6 is 0 Å². The van der Waals surface area contributed by atoms with Crippen LogP contribution in [0.25, 0.3) is 0 Å². The summed E-state index contributed by atoms with van der Waals surface area (Å²) in [5, 5.41) is 0. The van der Waals surface area contributed by atoms with Gasteiger partial charge in [0.2, 0.25) is 0 Å². The molecule has 0 aliphatic carbocycles. The Hall–Kier alpha value is -1.08. The molecule has 0 N–H and O–H groups in total. The first-order chi connectivity index (χ1) is 10.8. The molecule has 0 aromatic carbocycles. The maximum absolute atomic E-state index is 5.88. The number of ether oxygens (including phenoxy) is 1. The smallest absolute Gasteiger partial charge is 0.0792 e. The summed E-state index contributed by atoms with van der Waals surface area (Å²) in [6.45, 7) is 15.9. The average molecular weight is 319 g/mol. The molecule has 0 aromatic heterocycles. The highest BCUT2D eigenvalue weighted by Gasteiger charge is 2.04. The second kappa shape index (κ2) is 13.4. The van der Waals surface area contributed by atoms with Crippen LogP contribution in [-0.2, 0) is 4.74 Å². The Morgan fingerprint density at radius 3 is 1.78 bits per heavy atom. The van der Waals surface area contributed by atoms with Gasteiger partial charge in [-0.1, -0.05) is 46.6 Å². The lowest BCUT2D eigenvalue weighted by Crippen LogP contribution is -2.09. The molecule has 132 valence electrons. The summed E-state index contributed by atoms with van der Waals surface area (Å²) in [4.78, 5) is 0. The molecule has 0 radical (unpaired) electrons. The molecule has 0 aliphatic heterocycles. The maximum Gasteiger partial charge on any atom is 0.0792 e. The molecule has 1 nitrogen and oxygen atoms in total. The second-order valence-electron chi connectivity index (χ2n) is 6.93. The molecular formula is C22H38O. The molecule has 1 atom stereocenters. The van der Waals surface area contributed by atoms with Gasteiger partial charge >= 0.3 is 0 Å². The fourth-order valence-corrected chi connectivity index (χ4v) is 2.40. The maximum atomic E-state index is 5.88. The molecule has 0 saturated carbocycles. The van der Waals surface area contributed by atoms with Gasteiger partial charge in [0.15, 0.2) is 0 Å². The molecule has 0 aliphatic rings. The Labute approximate surface area is 145 Å². The fourth-order valence-electron chi connectivity index (χ4n) is 2.40. The van der Waals surface area contributed by atoms with Gasteiger partial charge < -0.3 is 4.74 Å². The van der Waals surface area contributed by atoms with Crippen molar-refractivity contribution in [1.82, 2.24) is 0 Å². The Balaban J connectivity index is 4.48. The van der Waals surface area contributed by atoms with E-state index in [-0.39, 0.29) is 6.10 Å². The van der Waals surface area contributed by atoms with E-state index in [4.69, 9.17) is 4.74 Å². The second-order valence-corrected chi connectivity index (χ2v) is 6.93. The Morgan fingerprint density at radius 2 is 1.30 bits per heavy atom. The molecule has 0 amide bonds. The van der Waals surface area contributed by atoms with Gasteiger partial charge in [-0.25, -0.2) is 0 Å². The lowest BCUT2D eigenvalue weighted by molar-refractivity contribution is 0.0977. The van der Waals surface area contributed by atoms with Crippen LogP contribution in [0.15, 0.2) is 46.6 Å². The zero-order chi connectivity index (χ0) is 17.7. The van der Waals surface area contributed by atoms with Crippen LogP contribution in [0.5, 0.6) is 0 Å². The Morgan fingerprint density at radius 1 is 0.783 bits per heavy atom. The quantitative estimate of drug-likeness (QED) is 0.367. The van der Waals surface area contributed by atoms with Gasteiger partial charge in [-0.2, -0.15) is 0 Å². The summed E-state index contributed by atoms with van der Waals surface area (Å²) >= 11 is 0. The van der Waals surface area contributed by atoms with Gasteiger partial charge in [-0.15, -0.1) is 0 Å². The van der Waals surface area contributed by atoms with Crippen molar-refractivity contribution in [2.45, 2.75) is 86.7 Å². The van der Waals surface area contributed by atoms with E-state index in [2.05, 4.69) is 72.8 Å². The van der Waals surface area contributed by atoms with E-state index in [1.165, 1.54) is 22.3 Å². The van der Waals surface area contributed by atoms with Gasteiger partial charge in [-0.3, -0.25) is 0 Å². The van der Waals surface area contributed by atoms with Crippen molar-refractivity contribution < 1.29 is 4.74 Å². The molecular weight excluding hydrogens is 280 g/mol. The molecule has 0 bridgehead atoms. The predicted molar refractivity (Wildman–Crippen MR) is 105 cm³/mol. The summed E-state index contributed by atoms with van der Waals surface area (Å²) in [6.07, 6.45) is 15.0. The molecule has 1 unspecified atom stereocenters. The first-order valence-electron chi connectivity index (χ1n) is 9.06. The molecule has 0 aromatic rings. The van der Waals surface area contributed by atoms with Crippen LogP contribution in [0, 0.1) is 0 Å². The van der Waals surface area contributed by atoms with Gasteiger partial charge in [-0.05, 0) is 80.6 Å². The molecule has 0 fully saturated rings. The first kappa shape index (κ1) is 21.9. The Kier molecular flexibility index (Phi) is 12.7. The summed E-state index contributed by atoms with van der Waals surface area (Å²) in [7, 11) is 0. The van der Waals surface area contributed by atoms with Crippen LogP contribution in [0.4, 0.5) is 0 Å². The van der Waals surface area contributed by atoms with E-state index in [0.717, 1.165) is 38.7 Å². The third-order valence-corrected chi connectivity index (χ3v) is 3.73. The van der Waals surface area contributed by atoms with E-state index in [9.17, 15) is 0 Å². The zero-order valence-corrected chi connectivity index (χ0v) is 16.5. The monoisotopic (exact) mass is 318 g/mol. The summed E-state index contributed by atoms with van der Waals surface area (Å²) in [6, 6.07) is 0. The largest absolute Gasteiger partial charge is 0.374 e. The summed E-state index contributed by atoms with van der Waals surface area (Å²) in [5.41, 5.74) is 5.69. The van der Waals surface area contributed by atoms with Gasteiger partial charge in [0.25, 0.3) is 0 Å². The Bertz CT molecular complexity index is 427. The first-order valence-corrected chi connectivity index (χ1v) is 9.06. The van der Waals surface area contributed by atoms with Gasteiger partial charge in [0, 0.05) is 6.61 Å². The summed E-state index contributed by atoms with van der Waals surface area (Å²) in [5.74, 6) is 0. The van der Waals surface area contributed by atoms with Crippen LogP contribution in [0.3, 0.4) is 0 Å². The van der Waals surface area contributed by atoms with Gasteiger partial charge in [0.1, 0.15) is 0 Å². The van der Waals surface area contributed by atoms with Crippen LogP contribution in [-0.4, -0.2) is 12.7 Å². The minimum atomic E-state index is 0.213. The highest BCUT2D eigenvalue weighted by atomic mass is 16.5. The van der Waals surface area contributed by atoms with E-state index in [1.807, 2.05) is 0 Å². The van der Waals surface area contributed by atoms with E-state index < -0.39 is 0 Å². The molecule has 1 heteroatoms. The SMILES string of the molecule is CCOC(C=C(C)CCC=C(C)C)CC=C(C)CCC=C(C)C. The van der Waals surface area contributed by atoms with Crippen molar-refractivity contribution in [3.63, 3.8) is 0 Å². The van der Waals surface area contributed by atoms with Crippen LogP contribution < -0.4 is 0 Å². The van der Waals surface area contributed by atoms with Gasteiger partial charge in [0.05, 0.1) is 6.10 Å². The van der Waals surface area contributed by atoms with E-state index >= 15 is 0 Å². The molecule has 0 spiro atoms. The molecule has 0 saturated heterocycles. The van der Waals surface area contributed by atoms with Crippen molar-refractivity contribution in [2.75, 3.05) is 6.61 Å². The molecule has 23 heavy (non-hydrogen) atoms. The molecule has 0 heterocycles. The summed E-state index contributed by atoms with van der Waals surface area (Å²) < 4.78 is 5.88. The topological polar surface area (TPSA) is 9.23 Å². The van der Waals surface area contributed by atoms with Crippen molar-refractivity contribution in [3.8, 4) is 0 Å². The molecule has 0 rings (SSSR count). The highest BCUT2D eigenvalue weighted by Crippen LogP contribution is 2.14. The minimum absolute atomic E-state index is 0.213. The third-order valence-electron chi connectivity index (χ3n) is 3.73. The highest BCUT2D eigenvalue weighted by molar-refractivity contribution is 5.09. The minimum Gasteiger partial charge on any atom is -0.374 e. The number of rotatable bonds is 11. The predicted octanol–water partition coefficient (Wildman–Crippen LogP) is 7.17. The zero-order valence-electron chi connectivity index (χ0n) is 16.5. The lowest BCUT2D eigenvalue weighted by atomic mass is 10.0. The standard InChI is InChI=1S/C22H38O/c1-8-23-22(17-21(7)14-10-12-19(4)5)16-15-20(6)13-9-11-18(2)3/h11-12,15,17,22H,8-10,13-14,16H2,1-7H3. The number of hydrogen-bond donors (Lipinski definition) is 0. The number of hydrogen-bond acceptors (Lipinski definition) is 1. The lowest BCUT2D eigenvalue weighted by Gasteiger charge is -2.13. The van der Waals surface area contributed by atoms with E-state index in [1.54, 1.807) is 0 Å². The van der Waals surface area contributed by atoms with Crippen molar-refractivity contribution in [3.05, 3.63) is 46.6 Å². The fraction of sp³-hybridized carbons (Fsp3) is 0.636. The van der Waals surface area contributed by atoms with Crippen LogP contribution in [0.2, 0.25) is 0 Å². The van der Waals surface area contributed by atoms with Crippen molar-refractivity contribution in [2.24, 2.45) is 0 Å². The average Bonchev–Trinajstić information content (AvgIpc) is 2.44. The number of allylic oxidation sites excluding steroid dienone is 6. The third kappa shape index (κ3) is 14.3.